The molecule has 0 amide bonds. The minimum atomic E-state index is 0.786. The lowest BCUT2D eigenvalue weighted by atomic mass is 10.0. The van der Waals surface area contributed by atoms with Crippen molar-refractivity contribution in [2.45, 2.75) is 38.6 Å². The molecule has 0 unspecified atom stereocenters. The zero-order valence-corrected chi connectivity index (χ0v) is 11.0. The molecule has 0 atom stereocenters. The Labute approximate surface area is 109 Å². The van der Waals surface area contributed by atoms with Crippen molar-refractivity contribution in [2.24, 2.45) is 0 Å². The summed E-state index contributed by atoms with van der Waals surface area (Å²) in [5.41, 5.74) is 4.16. The highest BCUT2D eigenvalue weighted by Gasteiger charge is 2.20. The van der Waals surface area contributed by atoms with Crippen LogP contribution in [-0.2, 0) is 6.42 Å². The van der Waals surface area contributed by atoms with E-state index in [9.17, 15) is 0 Å². The molecule has 1 heterocycles. The van der Waals surface area contributed by atoms with Crippen molar-refractivity contribution in [2.75, 3.05) is 13.2 Å². The van der Waals surface area contributed by atoms with Gasteiger partial charge < -0.3 is 10.1 Å². The minimum Gasteiger partial charge on any atom is -0.493 e. The van der Waals surface area contributed by atoms with Crippen molar-refractivity contribution < 1.29 is 4.74 Å². The van der Waals surface area contributed by atoms with Gasteiger partial charge >= 0.3 is 0 Å². The first-order valence-corrected chi connectivity index (χ1v) is 7.03. The summed E-state index contributed by atoms with van der Waals surface area (Å²) in [6.07, 6.45) is 7.21. The number of hydrogen-bond donors (Lipinski definition) is 1. The van der Waals surface area contributed by atoms with Gasteiger partial charge in [0.25, 0.3) is 0 Å². The fourth-order valence-corrected chi connectivity index (χ4v) is 2.37. The molecule has 0 saturated heterocycles. The molecule has 1 fully saturated rings. The molecule has 1 aromatic carbocycles. The van der Waals surface area contributed by atoms with Gasteiger partial charge in [0, 0.05) is 19.0 Å². The Hall–Kier alpha value is -1.28. The highest BCUT2D eigenvalue weighted by atomic mass is 16.5. The van der Waals surface area contributed by atoms with Crippen LogP contribution in [0.25, 0.3) is 6.08 Å². The molecule has 96 valence electrons. The molecule has 1 saturated carbocycles. The average Bonchev–Trinajstić information content (AvgIpc) is 3.10. The van der Waals surface area contributed by atoms with E-state index in [2.05, 4.69) is 36.5 Å². The second-order valence-corrected chi connectivity index (χ2v) is 5.28. The van der Waals surface area contributed by atoms with Gasteiger partial charge in [-0.3, -0.25) is 0 Å². The third-order valence-corrected chi connectivity index (χ3v) is 3.73. The van der Waals surface area contributed by atoms with Crippen LogP contribution < -0.4 is 10.1 Å². The van der Waals surface area contributed by atoms with E-state index in [0.29, 0.717) is 0 Å². The predicted octanol–water partition coefficient (Wildman–Crippen LogP) is 3.17. The Bertz CT molecular complexity index is 460. The molecular weight excluding hydrogens is 222 g/mol. The molecule has 2 aliphatic rings. The Morgan fingerprint density at radius 1 is 1.44 bits per heavy atom. The summed E-state index contributed by atoms with van der Waals surface area (Å²) < 4.78 is 5.54. The lowest BCUT2D eigenvalue weighted by Crippen LogP contribution is -2.18. The molecule has 3 rings (SSSR count). The highest BCUT2D eigenvalue weighted by Crippen LogP contribution is 2.27. The van der Waals surface area contributed by atoms with Gasteiger partial charge in [0.2, 0.25) is 0 Å². The van der Waals surface area contributed by atoms with Gasteiger partial charge in [0.15, 0.2) is 0 Å². The van der Waals surface area contributed by atoms with Crippen LogP contribution in [0.5, 0.6) is 5.75 Å². The Kier molecular flexibility index (Phi) is 3.37. The highest BCUT2D eigenvalue weighted by molar-refractivity contribution is 5.57. The summed E-state index contributed by atoms with van der Waals surface area (Å²) in [6.45, 7) is 4.11. The smallest absolute Gasteiger partial charge is 0.122 e. The summed E-state index contributed by atoms with van der Waals surface area (Å²) in [5.74, 6) is 1.07. The third-order valence-electron chi connectivity index (χ3n) is 3.73. The van der Waals surface area contributed by atoms with E-state index in [0.717, 1.165) is 37.8 Å². The van der Waals surface area contributed by atoms with Gasteiger partial charge in [-0.15, -0.1) is 0 Å². The van der Waals surface area contributed by atoms with Gasteiger partial charge in [-0.25, -0.2) is 0 Å². The number of hydrogen-bond acceptors (Lipinski definition) is 2. The molecule has 0 bridgehead atoms. The second-order valence-electron chi connectivity index (χ2n) is 5.28. The van der Waals surface area contributed by atoms with Gasteiger partial charge in [-0.05, 0) is 42.5 Å². The molecule has 18 heavy (non-hydrogen) atoms. The van der Waals surface area contributed by atoms with Gasteiger partial charge in [0.1, 0.15) is 5.75 Å². The van der Waals surface area contributed by atoms with E-state index in [1.807, 2.05) is 0 Å². The summed E-state index contributed by atoms with van der Waals surface area (Å²) in [7, 11) is 0. The van der Waals surface area contributed by atoms with E-state index >= 15 is 0 Å². The summed E-state index contributed by atoms with van der Waals surface area (Å²) in [6, 6.07) is 7.33. The van der Waals surface area contributed by atoms with E-state index in [1.165, 1.54) is 29.5 Å². The maximum atomic E-state index is 5.54. The van der Waals surface area contributed by atoms with E-state index < -0.39 is 0 Å². The van der Waals surface area contributed by atoms with Crippen LogP contribution >= 0.6 is 0 Å². The van der Waals surface area contributed by atoms with Gasteiger partial charge in [0.05, 0.1) is 6.61 Å². The predicted molar refractivity (Wildman–Crippen MR) is 74.9 cm³/mol. The molecular formula is C16H21NO. The van der Waals surface area contributed by atoms with Crippen LogP contribution in [0.2, 0.25) is 0 Å². The fourth-order valence-electron chi connectivity index (χ4n) is 2.37. The van der Waals surface area contributed by atoms with Crippen LogP contribution in [0.3, 0.4) is 0 Å². The van der Waals surface area contributed by atoms with Crippen molar-refractivity contribution >= 4 is 6.08 Å². The van der Waals surface area contributed by atoms with Gasteiger partial charge in [-0.1, -0.05) is 24.6 Å². The lowest BCUT2D eigenvalue weighted by molar-refractivity contribution is 0.357. The standard InChI is InChI=1S/C16H21NO/c1-2-12(11-17-15-4-5-15)9-13-3-6-16-14(10-13)7-8-18-16/h3,6,9-10,15,17H,2,4-5,7-8,11H2,1H3. The molecule has 0 radical (unpaired) electrons. The SMILES string of the molecule is CCC(=Cc1ccc2c(c1)CCO2)CNC1CC1. The zero-order chi connectivity index (χ0) is 12.4. The first-order chi connectivity index (χ1) is 8.85. The summed E-state index contributed by atoms with van der Waals surface area (Å²) >= 11 is 0. The number of nitrogens with one attached hydrogen (secondary N) is 1. The maximum absolute atomic E-state index is 5.54. The van der Waals surface area contributed by atoms with Crippen LogP contribution in [0.4, 0.5) is 0 Å². The normalized spacial score (nSPS) is 18.6. The second kappa shape index (κ2) is 5.15. The van der Waals surface area contributed by atoms with E-state index in [-0.39, 0.29) is 0 Å². The van der Waals surface area contributed by atoms with E-state index in [4.69, 9.17) is 4.74 Å². The third kappa shape index (κ3) is 2.75. The lowest BCUT2D eigenvalue weighted by Gasteiger charge is -2.07. The molecule has 2 nitrogen and oxygen atoms in total. The number of rotatable bonds is 5. The molecule has 1 aliphatic carbocycles. The van der Waals surface area contributed by atoms with Crippen molar-refractivity contribution in [3.8, 4) is 5.75 Å². The van der Waals surface area contributed by atoms with Crippen molar-refractivity contribution in [3.05, 3.63) is 34.9 Å². The van der Waals surface area contributed by atoms with Crippen LogP contribution in [0.15, 0.2) is 23.8 Å². The van der Waals surface area contributed by atoms with Crippen molar-refractivity contribution in [3.63, 3.8) is 0 Å². The van der Waals surface area contributed by atoms with Crippen LogP contribution in [0, 0.1) is 0 Å². The zero-order valence-electron chi connectivity index (χ0n) is 11.0. The molecule has 2 heteroatoms. The Morgan fingerprint density at radius 2 is 2.33 bits per heavy atom. The van der Waals surface area contributed by atoms with Gasteiger partial charge in [-0.2, -0.15) is 0 Å². The number of ether oxygens (including phenoxy) is 1. The quantitative estimate of drug-likeness (QED) is 0.857. The number of benzene rings is 1. The topological polar surface area (TPSA) is 21.3 Å². The van der Waals surface area contributed by atoms with Crippen molar-refractivity contribution in [1.82, 2.24) is 5.32 Å². The molecule has 0 aromatic heterocycles. The molecule has 0 spiro atoms. The molecule has 1 aromatic rings. The Balaban J connectivity index is 1.71. The van der Waals surface area contributed by atoms with Crippen LogP contribution in [0.1, 0.15) is 37.3 Å². The minimum absolute atomic E-state index is 0.786. The summed E-state index contributed by atoms with van der Waals surface area (Å²) in [4.78, 5) is 0. The molecule has 1 aliphatic heterocycles. The fraction of sp³-hybridized carbons (Fsp3) is 0.500. The largest absolute Gasteiger partial charge is 0.493 e. The van der Waals surface area contributed by atoms with E-state index in [1.54, 1.807) is 0 Å². The average molecular weight is 243 g/mol. The first-order valence-electron chi connectivity index (χ1n) is 7.03. The maximum Gasteiger partial charge on any atom is 0.122 e. The van der Waals surface area contributed by atoms with Crippen molar-refractivity contribution in [1.29, 1.82) is 0 Å². The number of fused-ring (bicyclic) bond motifs is 1. The van der Waals surface area contributed by atoms with Crippen LogP contribution in [-0.4, -0.2) is 19.2 Å². The molecule has 1 N–H and O–H groups in total. The first kappa shape index (κ1) is 11.8. The Morgan fingerprint density at radius 3 is 3.11 bits per heavy atom. The summed E-state index contributed by atoms with van der Waals surface area (Å²) in [5, 5.41) is 3.59. The monoisotopic (exact) mass is 243 g/mol.